The van der Waals surface area contributed by atoms with E-state index in [2.05, 4.69) is 5.32 Å². The van der Waals surface area contributed by atoms with Crippen LogP contribution >= 0.6 is 0 Å². The van der Waals surface area contributed by atoms with Gasteiger partial charge in [0, 0.05) is 39.4 Å². The molecule has 2 nitrogen and oxygen atoms in total. The molecule has 0 bridgehead atoms. The Morgan fingerprint density at radius 2 is 2.12 bits per heavy atom. The SMILES string of the molecule is CC1(C)CS(=O)CC(c2ccccc2F)N1. The maximum Gasteiger partial charge on any atom is 0.128 e. The van der Waals surface area contributed by atoms with E-state index in [0.717, 1.165) is 0 Å². The Kier molecular flexibility index (Phi) is 3.13. The Balaban J connectivity index is 2.28. The largest absolute Gasteiger partial charge is 0.303 e. The number of hydrogen-bond donors (Lipinski definition) is 1. The van der Waals surface area contributed by atoms with Crippen LogP contribution in [0.4, 0.5) is 4.39 Å². The lowest BCUT2D eigenvalue weighted by Crippen LogP contribution is -2.52. The smallest absolute Gasteiger partial charge is 0.128 e. The Bertz CT molecular complexity index is 419. The minimum absolute atomic E-state index is 0.147. The van der Waals surface area contributed by atoms with Crippen molar-refractivity contribution in [2.45, 2.75) is 25.4 Å². The van der Waals surface area contributed by atoms with Gasteiger partial charge in [-0.1, -0.05) is 18.2 Å². The Morgan fingerprint density at radius 1 is 1.44 bits per heavy atom. The number of rotatable bonds is 1. The predicted octanol–water partition coefficient (Wildman–Crippen LogP) is 2.00. The van der Waals surface area contributed by atoms with Gasteiger partial charge in [0.2, 0.25) is 0 Å². The second-order valence-corrected chi connectivity index (χ2v) is 6.35. The molecule has 0 amide bonds. The van der Waals surface area contributed by atoms with Crippen molar-refractivity contribution in [1.82, 2.24) is 5.32 Å². The minimum Gasteiger partial charge on any atom is -0.303 e. The fraction of sp³-hybridized carbons (Fsp3) is 0.500. The van der Waals surface area contributed by atoms with Gasteiger partial charge >= 0.3 is 0 Å². The van der Waals surface area contributed by atoms with Gasteiger partial charge in [-0.3, -0.25) is 4.21 Å². The van der Waals surface area contributed by atoms with Crippen molar-refractivity contribution in [3.8, 4) is 0 Å². The van der Waals surface area contributed by atoms with Crippen molar-refractivity contribution in [2.75, 3.05) is 11.5 Å². The fourth-order valence-electron chi connectivity index (χ4n) is 2.13. The molecule has 0 radical (unpaired) electrons. The zero-order valence-corrected chi connectivity index (χ0v) is 10.3. The predicted molar refractivity (Wildman–Crippen MR) is 64.2 cm³/mol. The lowest BCUT2D eigenvalue weighted by molar-refractivity contribution is 0.363. The number of hydrogen-bond acceptors (Lipinski definition) is 2. The highest BCUT2D eigenvalue weighted by atomic mass is 32.2. The van der Waals surface area contributed by atoms with Gasteiger partial charge in [0.15, 0.2) is 0 Å². The molecule has 0 aromatic heterocycles. The second-order valence-electron chi connectivity index (χ2n) is 4.85. The van der Waals surface area contributed by atoms with Crippen LogP contribution < -0.4 is 5.32 Å². The Labute approximate surface area is 97.7 Å². The van der Waals surface area contributed by atoms with E-state index < -0.39 is 10.8 Å². The highest BCUT2D eigenvalue weighted by molar-refractivity contribution is 7.85. The molecule has 1 aromatic carbocycles. The van der Waals surface area contributed by atoms with Crippen LogP contribution in [0.5, 0.6) is 0 Å². The number of nitrogens with one attached hydrogen (secondary N) is 1. The quantitative estimate of drug-likeness (QED) is 0.814. The van der Waals surface area contributed by atoms with Gasteiger partial charge in [-0.05, 0) is 19.9 Å². The summed E-state index contributed by atoms with van der Waals surface area (Å²) >= 11 is 0. The summed E-state index contributed by atoms with van der Waals surface area (Å²) in [5.41, 5.74) is 0.416. The van der Waals surface area contributed by atoms with Crippen molar-refractivity contribution in [1.29, 1.82) is 0 Å². The number of halogens is 1. The van der Waals surface area contributed by atoms with E-state index in [1.807, 2.05) is 19.9 Å². The van der Waals surface area contributed by atoms with Crippen LogP contribution in [0, 0.1) is 5.82 Å². The first-order valence-corrected chi connectivity index (χ1v) is 6.84. The average molecular weight is 241 g/mol. The van der Waals surface area contributed by atoms with Crippen LogP contribution in [0.25, 0.3) is 0 Å². The molecule has 2 atom stereocenters. The van der Waals surface area contributed by atoms with Gasteiger partial charge < -0.3 is 5.32 Å². The third-order valence-electron chi connectivity index (χ3n) is 2.72. The van der Waals surface area contributed by atoms with Gasteiger partial charge in [0.05, 0.1) is 0 Å². The average Bonchev–Trinajstić information content (AvgIpc) is 2.15. The van der Waals surface area contributed by atoms with Gasteiger partial charge in [-0.2, -0.15) is 0 Å². The van der Waals surface area contributed by atoms with Gasteiger partial charge in [0.25, 0.3) is 0 Å². The van der Waals surface area contributed by atoms with E-state index >= 15 is 0 Å². The third-order valence-corrected chi connectivity index (χ3v) is 4.47. The van der Waals surface area contributed by atoms with E-state index in [1.54, 1.807) is 12.1 Å². The molecule has 1 aliphatic rings. The molecule has 4 heteroatoms. The first-order valence-electron chi connectivity index (χ1n) is 5.35. The van der Waals surface area contributed by atoms with Gasteiger partial charge in [-0.25, -0.2) is 4.39 Å². The van der Waals surface area contributed by atoms with Crippen LogP contribution in [0.15, 0.2) is 24.3 Å². The molecule has 2 rings (SSSR count). The lowest BCUT2D eigenvalue weighted by atomic mass is 10.0. The monoisotopic (exact) mass is 241 g/mol. The van der Waals surface area contributed by atoms with Gasteiger partial charge in [0.1, 0.15) is 5.82 Å². The van der Waals surface area contributed by atoms with E-state index in [1.165, 1.54) is 6.07 Å². The topological polar surface area (TPSA) is 29.1 Å². The van der Waals surface area contributed by atoms with Crippen LogP contribution in [0.3, 0.4) is 0 Å². The molecule has 16 heavy (non-hydrogen) atoms. The maximum absolute atomic E-state index is 13.6. The molecule has 1 N–H and O–H groups in total. The minimum atomic E-state index is -0.878. The fourth-order valence-corrected chi connectivity index (χ4v) is 3.77. The van der Waals surface area contributed by atoms with Crippen molar-refractivity contribution in [3.63, 3.8) is 0 Å². The van der Waals surface area contributed by atoms with Crippen molar-refractivity contribution in [2.24, 2.45) is 0 Å². The molecule has 0 spiro atoms. The summed E-state index contributed by atoms with van der Waals surface area (Å²) in [5.74, 6) is 0.886. The molecule has 1 aromatic rings. The zero-order chi connectivity index (χ0) is 11.8. The summed E-state index contributed by atoms with van der Waals surface area (Å²) < 4.78 is 25.3. The summed E-state index contributed by atoms with van der Waals surface area (Å²) in [6.45, 7) is 4.00. The van der Waals surface area contributed by atoms with Crippen LogP contribution in [-0.2, 0) is 10.8 Å². The lowest BCUT2D eigenvalue weighted by Gasteiger charge is -2.36. The first kappa shape index (κ1) is 11.7. The molecule has 1 heterocycles. The molecular formula is C12H16FNOS. The Morgan fingerprint density at radius 3 is 2.75 bits per heavy atom. The van der Waals surface area contributed by atoms with Crippen molar-refractivity contribution in [3.05, 3.63) is 35.6 Å². The van der Waals surface area contributed by atoms with E-state index in [9.17, 15) is 8.60 Å². The van der Waals surface area contributed by atoms with Gasteiger partial charge in [-0.15, -0.1) is 0 Å². The van der Waals surface area contributed by atoms with Crippen LogP contribution in [0.2, 0.25) is 0 Å². The van der Waals surface area contributed by atoms with Crippen molar-refractivity contribution >= 4 is 10.8 Å². The van der Waals surface area contributed by atoms with Crippen LogP contribution in [-0.4, -0.2) is 21.3 Å². The number of benzene rings is 1. The molecule has 88 valence electrons. The molecule has 0 aliphatic carbocycles. The summed E-state index contributed by atoms with van der Waals surface area (Å²) in [4.78, 5) is 0. The summed E-state index contributed by atoms with van der Waals surface area (Å²) in [6, 6.07) is 6.53. The van der Waals surface area contributed by atoms with Crippen LogP contribution in [0.1, 0.15) is 25.5 Å². The molecular weight excluding hydrogens is 225 g/mol. The van der Waals surface area contributed by atoms with E-state index in [4.69, 9.17) is 0 Å². The molecule has 1 saturated heterocycles. The highest BCUT2D eigenvalue weighted by Gasteiger charge is 2.32. The van der Waals surface area contributed by atoms with Crippen molar-refractivity contribution < 1.29 is 8.60 Å². The van der Waals surface area contributed by atoms with E-state index in [0.29, 0.717) is 17.1 Å². The maximum atomic E-state index is 13.6. The molecule has 2 unspecified atom stereocenters. The normalized spacial score (nSPS) is 28.9. The second kappa shape index (κ2) is 4.26. The summed E-state index contributed by atoms with van der Waals surface area (Å²) in [6.07, 6.45) is 0. The Hall–Kier alpha value is -0.740. The third kappa shape index (κ3) is 2.50. The molecule has 0 saturated carbocycles. The standard InChI is InChI=1S/C12H16FNOS/c1-12(2)8-16(15)7-11(14-12)9-5-3-4-6-10(9)13/h3-6,11,14H,7-8H2,1-2H3. The first-order chi connectivity index (χ1) is 7.48. The molecule has 1 fully saturated rings. The zero-order valence-electron chi connectivity index (χ0n) is 9.50. The summed E-state index contributed by atoms with van der Waals surface area (Å²) in [7, 11) is -0.878. The highest BCUT2D eigenvalue weighted by Crippen LogP contribution is 2.25. The molecule has 1 aliphatic heterocycles. The van der Waals surface area contributed by atoms with E-state index in [-0.39, 0.29) is 17.4 Å². The summed E-state index contributed by atoms with van der Waals surface area (Å²) in [5, 5.41) is 3.35.